The second kappa shape index (κ2) is 7.77. The van der Waals surface area contributed by atoms with Gasteiger partial charge in [0.15, 0.2) is 0 Å². The van der Waals surface area contributed by atoms with Crippen molar-refractivity contribution in [3.63, 3.8) is 0 Å². The van der Waals surface area contributed by atoms with Crippen molar-refractivity contribution in [2.75, 3.05) is 6.54 Å². The molecule has 2 N–H and O–H groups in total. The van der Waals surface area contributed by atoms with E-state index in [9.17, 15) is 0 Å². The van der Waals surface area contributed by atoms with Gasteiger partial charge in [0.05, 0.1) is 0 Å². The molecule has 0 amide bonds. The second-order valence-electron chi connectivity index (χ2n) is 7.47. The fraction of sp³-hybridized carbons (Fsp3) is 0.154. The van der Waals surface area contributed by atoms with Gasteiger partial charge in [-0.25, -0.2) is 0 Å². The Kier molecular flexibility index (Phi) is 5.03. The lowest BCUT2D eigenvalue weighted by Crippen LogP contribution is -2.15. The highest BCUT2D eigenvalue weighted by Gasteiger charge is 2.06. The van der Waals surface area contributed by atoms with E-state index >= 15 is 0 Å². The number of aromatic nitrogens is 1. The van der Waals surface area contributed by atoms with Crippen molar-refractivity contribution in [2.24, 2.45) is 0 Å². The second-order valence-corrected chi connectivity index (χ2v) is 7.47. The molecule has 0 bridgehead atoms. The number of aryl methyl sites for hydroxylation is 2. The Balaban J connectivity index is 1.44. The molecule has 140 valence electrons. The Hall–Kier alpha value is -3.26. The molecule has 0 radical (unpaired) electrons. The van der Waals surface area contributed by atoms with Gasteiger partial charge in [0.25, 0.3) is 0 Å². The number of rotatable bonds is 6. The van der Waals surface area contributed by atoms with Crippen LogP contribution in [0.15, 0.2) is 79.5 Å². The van der Waals surface area contributed by atoms with Crippen LogP contribution < -0.4 is 5.32 Å². The summed E-state index contributed by atoms with van der Waals surface area (Å²) < 4.78 is 0. The van der Waals surface area contributed by atoms with Crippen LogP contribution in [0.1, 0.15) is 22.3 Å². The molecule has 3 aromatic carbocycles. The van der Waals surface area contributed by atoms with Gasteiger partial charge in [0.1, 0.15) is 0 Å². The van der Waals surface area contributed by atoms with Gasteiger partial charge in [-0.2, -0.15) is 0 Å². The van der Waals surface area contributed by atoms with Crippen molar-refractivity contribution in [1.29, 1.82) is 0 Å². The van der Waals surface area contributed by atoms with E-state index in [1.807, 2.05) is 0 Å². The van der Waals surface area contributed by atoms with Crippen molar-refractivity contribution in [3.05, 3.63) is 102 Å². The molecule has 0 aliphatic rings. The maximum atomic E-state index is 4.25. The fourth-order valence-corrected chi connectivity index (χ4v) is 3.66. The van der Waals surface area contributed by atoms with Crippen LogP contribution in [0.2, 0.25) is 0 Å². The molecule has 1 aromatic heterocycles. The minimum atomic E-state index is 0.856. The minimum Gasteiger partial charge on any atom is -0.385 e. The van der Waals surface area contributed by atoms with Gasteiger partial charge in [0, 0.05) is 29.3 Å². The third-order valence-corrected chi connectivity index (χ3v) is 5.22. The highest BCUT2D eigenvalue weighted by Crippen LogP contribution is 2.24. The predicted octanol–water partition coefficient (Wildman–Crippen LogP) is 6.25. The first-order valence-corrected chi connectivity index (χ1v) is 9.77. The third kappa shape index (κ3) is 3.86. The van der Waals surface area contributed by atoms with Gasteiger partial charge in [-0.05, 0) is 60.7 Å². The van der Waals surface area contributed by atoms with Crippen molar-refractivity contribution in [2.45, 2.75) is 20.3 Å². The van der Waals surface area contributed by atoms with Gasteiger partial charge < -0.3 is 10.3 Å². The van der Waals surface area contributed by atoms with Crippen LogP contribution in [0.25, 0.3) is 27.7 Å². The lowest BCUT2D eigenvalue weighted by Gasteiger charge is -2.11. The van der Waals surface area contributed by atoms with Gasteiger partial charge in [0.2, 0.25) is 0 Å². The maximum Gasteiger partial charge on any atom is 0.0456 e. The van der Waals surface area contributed by atoms with Crippen LogP contribution in [-0.2, 0) is 6.42 Å². The molecule has 0 fully saturated rings. The molecule has 0 aliphatic heterocycles. The minimum absolute atomic E-state index is 0.856. The largest absolute Gasteiger partial charge is 0.385 e. The molecule has 28 heavy (non-hydrogen) atoms. The number of H-pyrrole nitrogens is 1. The van der Waals surface area contributed by atoms with E-state index in [4.69, 9.17) is 0 Å². The average molecular weight is 367 g/mol. The Labute approximate surface area is 166 Å². The maximum absolute atomic E-state index is 4.25. The van der Waals surface area contributed by atoms with Crippen molar-refractivity contribution in [3.8, 4) is 11.1 Å². The number of fused-ring (bicyclic) bond motifs is 1. The SMILES string of the molecule is C=C(NCCc1c[nH]c2ccc(C)cc12)c1cccc(-c2cccc(C)c2)c1. The molecule has 1 heterocycles. The highest BCUT2D eigenvalue weighted by atomic mass is 14.9. The van der Waals surface area contributed by atoms with E-state index in [1.54, 1.807) is 0 Å². The summed E-state index contributed by atoms with van der Waals surface area (Å²) in [5.41, 5.74) is 9.66. The molecule has 2 heteroatoms. The van der Waals surface area contributed by atoms with Crippen LogP contribution in [0.3, 0.4) is 0 Å². The first kappa shape index (κ1) is 18.1. The van der Waals surface area contributed by atoms with Gasteiger partial charge >= 0.3 is 0 Å². The zero-order chi connectivity index (χ0) is 19.5. The summed E-state index contributed by atoms with van der Waals surface area (Å²) in [4.78, 5) is 3.37. The first-order valence-electron chi connectivity index (χ1n) is 9.77. The molecular formula is C26H26N2. The normalized spacial score (nSPS) is 10.9. The number of nitrogens with one attached hydrogen (secondary N) is 2. The fourth-order valence-electron chi connectivity index (χ4n) is 3.66. The van der Waals surface area contributed by atoms with Crippen LogP contribution in [-0.4, -0.2) is 11.5 Å². The summed E-state index contributed by atoms with van der Waals surface area (Å²) in [5, 5.41) is 4.81. The van der Waals surface area contributed by atoms with E-state index in [2.05, 4.69) is 104 Å². The van der Waals surface area contributed by atoms with Crippen molar-refractivity contribution >= 4 is 16.6 Å². The van der Waals surface area contributed by atoms with E-state index in [1.165, 1.54) is 38.7 Å². The highest BCUT2D eigenvalue weighted by molar-refractivity contribution is 5.84. The number of hydrogen-bond acceptors (Lipinski definition) is 1. The quantitative estimate of drug-likeness (QED) is 0.414. The Morgan fingerprint density at radius 3 is 2.46 bits per heavy atom. The van der Waals surface area contributed by atoms with E-state index in [-0.39, 0.29) is 0 Å². The van der Waals surface area contributed by atoms with Gasteiger partial charge in [-0.15, -0.1) is 0 Å². The van der Waals surface area contributed by atoms with E-state index in [0.29, 0.717) is 0 Å². The lowest BCUT2D eigenvalue weighted by molar-refractivity contribution is 0.853. The zero-order valence-corrected chi connectivity index (χ0v) is 16.5. The zero-order valence-electron chi connectivity index (χ0n) is 16.5. The van der Waals surface area contributed by atoms with Crippen LogP contribution >= 0.6 is 0 Å². The molecule has 0 spiro atoms. The summed E-state index contributed by atoms with van der Waals surface area (Å²) in [6, 6.07) is 23.7. The molecule has 0 unspecified atom stereocenters. The Morgan fingerprint density at radius 1 is 0.893 bits per heavy atom. The smallest absolute Gasteiger partial charge is 0.0456 e. The molecule has 0 aliphatic carbocycles. The summed E-state index contributed by atoms with van der Waals surface area (Å²) in [6.45, 7) is 9.37. The number of aromatic amines is 1. The van der Waals surface area contributed by atoms with Crippen LogP contribution in [0.4, 0.5) is 0 Å². The van der Waals surface area contributed by atoms with E-state index in [0.717, 1.165) is 24.2 Å². The predicted molar refractivity (Wildman–Crippen MR) is 120 cm³/mol. The van der Waals surface area contributed by atoms with Crippen molar-refractivity contribution < 1.29 is 0 Å². The molecule has 0 saturated heterocycles. The standard InChI is InChI=1S/C26H26N2/c1-18-6-4-8-22(14-18)23-9-5-7-21(16-23)20(3)27-13-12-24-17-28-26-11-10-19(2)15-25(24)26/h4-11,14-17,27-28H,3,12-13H2,1-2H3. The van der Waals surface area contributed by atoms with Gasteiger partial charge in [-0.3, -0.25) is 0 Å². The van der Waals surface area contributed by atoms with E-state index < -0.39 is 0 Å². The monoisotopic (exact) mass is 366 g/mol. The average Bonchev–Trinajstić information content (AvgIpc) is 3.10. The van der Waals surface area contributed by atoms with Gasteiger partial charge in [-0.1, -0.05) is 66.2 Å². The molecular weight excluding hydrogens is 340 g/mol. The molecule has 4 aromatic rings. The number of hydrogen-bond donors (Lipinski definition) is 2. The summed E-state index contributed by atoms with van der Waals surface area (Å²) in [5.74, 6) is 0. The Bertz CT molecular complexity index is 1130. The van der Waals surface area contributed by atoms with Crippen molar-refractivity contribution in [1.82, 2.24) is 10.3 Å². The molecule has 2 nitrogen and oxygen atoms in total. The number of benzene rings is 3. The summed E-state index contributed by atoms with van der Waals surface area (Å²) in [6.07, 6.45) is 3.08. The first-order chi connectivity index (χ1) is 13.6. The molecule has 0 atom stereocenters. The molecule has 4 rings (SSSR count). The van der Waals surface area contributed by atoms with Crippen LogP contribution in [0, 0.1) is 13.8 Å². The Morgan fingerprint density at radius 2 is 1.64 bits per heavy atom. The third-order valence-electron chi connectivity index (χ3n) is 5.22. The molecule has 0 saturated carbocycles. The van der Waals surface area contributed by atoms with Crippen LogP contribution in [0.5, 0.6) is 0 Å². The summed E-state index contributed by atoms with van der Waals surface area (Å²) in [7, 11) is 0. The topological polar surface area (TPSA) is 27.8 Å². The summed E-state index contributed by atoms with van der Waals surface area (Å²) >= 11 is 0. The lowest BCUT2D eigenvalue weighted by atomic mass is 10.0.